The first-order chi connectivity index (χ1) is 10.5. The number of rotatable bonds is 0. The van der Waals surface area contributed by atoms with Crippen molar-refractivity contribution in [1.29, 1.82) is 0 Å². The molecule has 2 rings (SSSR count). The van der Waals surface area contributed by atoms with Gasteiger partial charge in [0.05, 0.1) is 0 Å². The molecule has 1 aromatic rings. The molecule has 0 saturated heterocycles. The minimum atomic E-state index is -6.00. The van der Waals surface area contributed by atoms with Crippen molar-refractivity contribution in [2.75, 3.05) is 0 Å². The van der Waals surface area contributed by atoms with Gasteiger partial charge in [-0.05, 0) is 0 Å². The maximum Gasteiger partial charge on any atom is 1.00 e. The molecule has 1 aliphatic rings. The van der Waals surface area contributed by atoms with Crippen molar-refractivity contribution in [3.8, 4) is 0 Å². The molecule has 0 spiro atoms. The van der Waals surface area contributed by atoms with E-state index >= 15 is 0 Å². The fraction of sp³-hybridized carbons (Fsp3) is 0.333. The maximum atomic E-state index is 9.75. The van der Waals surface area contributed by atoms with Gasteiger partial charge in [-0.3, -0.25) is 0 Å². The van der Waals surface area contributed by atoms with Crippen LogP contribution in [-0.2, 0) is 0 Å². The molecule has 16 heteroatoms. The van der Waals surface area contributed by atoms with Crippen LogP contribution in [0, 0.1) is 0 Å². The van der Waals surface area contributed by atoms with E-state index in [1.165, 1.54) is 19.3 Å². The van der Waals surface area contributed by atoms with Crippen LogP contribution in [0.1, 0.15) is 20.7 Å². The molecule has 0 amide bonds. The third-order valence-electron chi connectivity index (χ3n) is 1.02. The van der Waals surface area contributed by atoms with Crippen LogP contribution in [0.15, 0.2) is 36.4 Å². The molecule has 0 heterocycles. The molecular weight excluding hydrogens is 408 g/mol. The third-order valence-corrected chi connectivity index (χ3v) is 1.02. The van der Waals surface area contributed by atoms with Crippen molar-refractivity contribution < 1.29 is 105 Å². The minimum absolute atomic E-state index is 0. The van der Waals surface area contributed by atoms with Crippen molar-refractivity contribution in [3.05, 3.63) is 36.4 Å². The zero-order valence-corrected chi connectivity index (χ0v) is 16.0. The summed E-state index contributed by atoms with van der Waals surface area (Å²) >= 11 is 0. The number of hydrogen-bond donors (Lipinski definition) is 0. The molecule has 0 unspecified atom stereocenters. The van der Waals surface area contributed by atoms with Gasteiger partial charge in [-0.2, -0.15) is 0 Å². The molecule has 0 atom stereocenters. The Labute approximate surface area is 181 Å². The van der Waals surface area contributed by atoms with Crippen molar-refractivity contribution in [2.24, 2.45) is 0 Å². The fourth-order valence-electron chi connectivity index (χ4n) is 0.385. The summed E-state index contributed by atoms with van der Waals surface area (Å²) < 4.78 is 117. The van der Waals surface area contributed by atoms with Gasteiger partial charge in [-0.15, -0.1) is 0 Å². The predicted octanol–water partition coefficient (Wildman–Crippen LogP) is 3.87. The van der Waals surface area contributed by atoms with Crippen LogP contribution in [0.4, 0.5) is 51.8 Å². The molecule has 0 radical (unpaired) electrons. The molecule has 0 N–H and O–H groups in total. The summed E-state index contributed by atoms with van der Waals surface area (Å²) in [6.45, 7) is 0. The summed E-state index contributed by atoms with van der Waals surface area (Å²) in [6.07, 6.45) is 4.50. The maximum absolute atomic E-state index is 9.75. The quantitative estimate of drug-likeness (QED) is 0.441. The Morgan fingerprint density at radius 3 is 0.520 bits per heavy atom. The predicted molar refractivity (Wildman–Crippen MR) is 72.0 cm³/mol. The summed E-state index contributed by atoms with van der Waals surface area (Å²) in [5, 5.41) is 0. The SMILES string of the molecule is C1CC1.F[B-](F)(F)F.F[B-](F)(F)F.F[B-](F)(F)F.[H-].[K+].c1ccccc1. The van der Waals surface area contributed by atoms with Gasteiger partial charge < -0.3 is 53.2 Å². The molecule has 1 aromatic carbocycles. The van der Waals surface area contributed by atoms with Gasteiger partial charge in [-0.25, -0.2) is 0 Å². The van der Waals surface area contributed by atoms with E-state index in [2.05, 4.69) is 0 Å². The first-order valence-electron chi connectivity index (χ1n) is 6.12. The Hall–Kier alpha value is 0.211. The Kier molecular flexibility index (Phi) is 23.1. The average molecular weight is 421 g/mol. The van der Waals surface area contributed by atoms with Gasteiger partial charge in [-0.1, -0.05) is 55.7 Å². The Balaban J connectivity index is -0.0000000701. The van der Waals surface area contributed by atoms with Gasteiger partial charge in [0.2, 0.25) is 0 Å². The summed E-state index contributed by atoms with van der Waals surface area (Å²) in [7, 11) is -18.0. The second-order valence-electron chi connectivity index (χ2n) is 3.70. The Bertz CT molecular complexity index is 295. The van der Waals surface area contributed by atoms with Crippen LogP contribution in [-0.4, -0.2) is 21.8 Å². The molecule has 1 fully saturated rings. The van der Waals surface area contributed by atoms with Crippen LogP contribution in [0.2, 0.25) is 0 Å². The minimum Gasteiger partial charge on any atom is -1.00 e. The average Bonchev–Trinajstić information content (AvgIpc) is 3.11. The normalized spacial score (nSPS) is 12.0. The molecular formula is C9H13B3F12K-3. The van der Waals surface area contributed by atoms with Crippen molar-refractivity contribution in [2.45, 2.75) is 19.3 Å². The van der Waals surface area contributed by atoms with E-state index in [-0.39, 0.29) is 52.8 Å². The summed E-state index contributed by atoms with van der Waals surface area (Å²) in [4.78, 5) is 0. The summed E-state index contributed by atoms with van der Waals surface area (Å²) in [6, 6.07) is 12.0. The van der Waals surface area contributed by atoms with Gasteiger partial charge in [0.25, 0.3) is 0 Å². The molecule has 0 bridgehead atoms. The fourth-order valence-corrected chi connectivity index (χ4v) is 0.385. The van der Waals surface area contributed by atoms with Gasteiger partial charge in [0.15, 0.2) is 0 Å². The van der Waals surface area contributed by atoms with Gasteiger partial charge in [0, 0.05) is 0 Å². The van der Waals surface area contributed by atoms with Gasteiger partial charge in [0.1, 0.15) is 0 Å². The van der Waals surface area contributed by atoms with Crippen LogP contribution >= 0.6 is 0 Å². The van der Waals surface area contributed by atoms with Crippen LogP contribution in [0.5, 0.6) is 0 Å². The van der Waals surface area contributed by atoms with E-state index in [4.69, 9.17) is 0 Å². The van der Waals surface area contributed by atoms with Gasteiger partial charge >= 0.3 is 73.1 Å². The van der Waals surface area contributed by atoms with E-state index < -0.39 is 21.8 Å². The zero-order valence-electron chi connectivity index (χ0n) is 13.9. The Morgan fingerprint density at radius 2 is 0.480 bits per heavy atom. The van der Waals surface area contributed by atoms with Crippen LogP contribution in [0.25, 0.3) is 0 Å². The van der Waals surface area contributed by atoms with Crippen LogP contribution < -0.4 is 51.4 Å². The number of halogens is 12. The zero-order chi connectivity index (χ0) is 19.9. The van der Waals surface area contributed by atoms with Crippen molar-refractivity contribution in [1.82, 2.24) is 0 Å². The first-order valence-corrected chi connectivity index (χ1v) is 6.12. The van der Waals surface area contributed by atoms with E-state index in [1.54, 1.807) is 0 Å². The van der Waals surface area contributed by atoms with E-state index in [9.17, 15) is 51.8 Å². The number of hydrogen-bond acceptors (Lipinski definition) is 0. The second-order valence-corrected chi connectivity index (χ2v) is 3.70. The first kappa shape index (κ1) is 32.8. The van der Waals surface area contributed by atoms with E-state index in [0.717, 1.165) is 0 Å². The Morgan fingerprint density at radius 1 is 0.400 bits per heavy atom. The monoisotopic (exact) mass is 421 g/mol. The standard InChI is InChI=1S/C6H6.C3H6.3BF4.K.H/c1-2-4-6-5-3-1;1-2-3-1;3*2-1(3,4)5;;/h1-6H;1-3H2;;;;;/q;;3*-1;+1;-1. The smallest absolute Gasteiger partial charge is 1.00 e. The third kappa shape index (κ3) is 230. The summed E-state index contributed by atoms with van der Waals surface area (Å²) in [5.74, 6) is 0. The molecule has 0 aromatic heterocycles. The topological polar surface area (TPSA) is 0 Å². The molecule has 1 aliphatic carbocycles. The molecule has 146 valence electrons. The van der Waals surface area contributed by atoms with E-state index in [0.29, 0.717) is 0 Å². The second kappa shape index (κ2) is 17.6. The molecule has 0 aliphatic heterocycles. The van der Waals surface area contributed by atoms with Crippen molar-refractivity contribution in [3.63, 3.8) is 0 Å². The van der Waals surface area contributed by atoms with E-state index in [1.807, 2.05) is 36.4 Å². The molecule has 0 nitrogen and oxygen atoms in total. The number of benzene rings is 1. The summed E-state index contributed by atoms with van der Waals surface area (Å²) in [5.41, 5.74) is 0. The molecule has 1 saturated carbocycles. The van der Waals surface area contributed by atoms with Crippen molar-refractivity contribution >= 4 is 21.8 Å². The van der Waals surface area contributed by atoms with Crippen LogP contribution in [0.3, 0.4) is 0 Å². The largest absolute Gasteiger partial charge is 1.00 e. The molecule has 25 heavy (non-hydrogen) atoms.